The third-order valence-electron chi connectivity index (χ3n) is 6.76. The van der Waals surface area contributed by atoms with E-state index in [1.54, 1.807) is 6.08 Å². The van der Waals surface area contributed by atoms with Crippen molar-refractivity contribution in [1.82, 2.24) is 15.5 Å². The van der Waals surface area contributed by atoms with Crippen molar-refractivity contribution < 1.29 is 29.3 Å². The van der Waals surface area contributed by atoms with E-state index in [2.05, 4.69) is 22.1 Å². The van der Waals surface area contributed by atoms with Crippen LogP contribution in [0, 0.1) is 5.92 Å². The Morgan fingerprint density at radius 3 is 2.42 bits per heavy atom. The van der Waals surface area contributed by atoms with Gasteiger partial charge >= 0.3 is 0 Å². The summed E-state index contributed by atoms with van der Waals surface area (Å²) in [4.78, 5) is 35.0. The minimum Gasteiger partial charge on any atom is -0.483 e. The summed E-state index contributed by atoms with van der Waals surface area (Å²) >= 11 is 0. The number of nitrogens with zero attached hydrogens (tertiary/aromatic N) is 1. The number of rotatable bonds is 6. The second-order valence-corrected chi connectivity index (χ2v) is 8.93. The Morgan fingerprint density at radius 2 is 1.84 bits per heavy atom. The summed E-state index contributed by atoms with van der Waals surface area (Å²) in [6.45, 7) is 8.01. The fraction of sp³-hybridized carbons (Fsp3) is 0.773. The molecule has 2 amide bonds. The number of hydrogen-bond donors (Lipinski definition) is 4. The molecule has 0 aromatic heterocycles. The number of hydrogen-bond acceptors (Lipinski definition) is 6. The predicted molar refractivity (Wildman–Crippen MR) is 115 cm³/mol. The van der Waals surface area contributed by atoms with Crippen molar-refractivity contribution >= 4 is 18.3 Å². The molecule has 2 saturated heterocycles. The summed E-state index contributed by atoms with van der Waals surface area (Å²) in [6, 6.07) is 0. The molecule has 3 aliphatic rings. The molecular formula is C22H37N3O6. The monoisotopic (exact) mass is 439 g/mol. The molecule has 0 unspecified atom stereocenters. The van der Waals surface area contributed by atoms with Crippen molar-refractivity contribution in [3.8, 4) is 0 Å². The van der Waals surface area contributed by atoms with Crippen LogP contribution in [-0.2, 0) is 19.1 Å². The quantitative estimate of drug-likeness (QED) is 0.354. The SMILES string of the molecule is C=CCNC(=O)CN1CCC2(CC1)OCC[C@@](C)(NC(=O)C1CCCC1)[C@@H]2O.O=CO. The minimum atomic E-state index is -0.754. The first-order valence-electron chi connectivity index (χ1n) is 11.1. The van der Waals surface area contributed by atoms with Crippen molar-refractivity contribution in [2.45, 2.75) is 69.1 Å². The van der Waals surface area contributed by atoms with Gasteiger partial charge in [0.15, 0.2) is 0 Å². The van der Waals surface area contributed by atoms with E-state index in [9.17, 15) is 14.7 Å². The highest BCUT2D eigenvalue weighted by Crippen LogP contribution is 2.40. The van der Waals surface area contributed by atoms with E-state index in [1.165, 1.54) is 0 Å². The molecule has 0 aromatic carbocycles. The van der Waals surface area contributed by atoms with Crippen molar-refractivity contribution in [2.24, 2.45) is 5.92 Å². The average Bonchev–Trinajstić information content (AvgIpc) is 3.28. The lowest BCUT2D eigenvalue weighted by Gasteiger charge is -2.53. The highest BCUT2D eigenvalue weighted by molar-refractivity contribution is 5.80. The molecule has 4 N–H and O–H groups in total. The zero-order chi connectivity index (χ0) is 22.9. The van der Waals surface area contributed by atoms with E-state index in [1.807, 2.05) is 6.92 Å². The van der Waals surface area contributed by atoms with Gasteiger partial charge in [-0.25, -0.2) is 0 Å². The van der Waals surface area contributed by atoms with Gasteiger partial charge < -0.3 is 25.6 Å². The smallest absolute Gasteiger partial charge is 0.290 e. The van der Waals surface area contributed by atoms with Crippen LogP contribution in [0.15, 0.2) is 12.7 Å². The van der Waals surface area contributed by atoms with Gasteiger partial charge in [0.2, 0.25) is 11.8 Å². The van der Waals surface area contributed by atoms with E-state index in [0.717, 1.165) is 25.7 Å². The highest BCUT2D eigenvalue weighted by atomic mass is 16.5. The van der Waals surface area contributed by atoms with Crippen molar-refractivity contribution in [3.05, 3.63) is 12.7 Å². The zero-order valence-electron chi connectivity index (χ0n) is 18.5. The Morgan fingerprint density at radius 1 is 1.23 bits per heavy atom. The summed E-state index contributed by atoms with van der Waals surface area (Å²) in [5.74, 6) is 0.140. The molecule has 31 heavy (non-hydrogen) atoms. The first-order chi connectivity index (χ1) is 14.8. The summed E-state index contributed by atoms with van der Waals surface area (Å²) in [6.07, 6.45) is 6.94. The van der Waals surface area contributed by atoms with E-state index in [4.69, 9.17) is 14.6 Å². The van der Waals surface area contributed by atoms with Gasteiger partial charge in [0.05, 0.1) is 17.7 Å². The Balaban J connectivity index is 0.00000107. The fourth-order valence-corrected chi connectivity index (χ4v) is 4.92. The predicted octanol–water partition coefficient (Wildman–Crippen LogP) is 0.670. The molecule has 2 atom stereocenters. The number of piperidine rings is 1. The maximum Gasteiger partial charge on any atom is 0.290 e. The first kappa shape index (κ1) is 25.3. The second kappa shape index (κ2) is 11.6. The van der Waals surface area contributed by atoms with Crippen LogP contribution in [0.3, 0.4) is 0 Å². The normalized spacial score (nSPS) is 28.3. The second-order valence-electron chi connectivity index (χ2n) is 8.93. The van der Waals surface area contributed by atoms with Gasteiger partial charge in [-0.15, -0.1) is 6.58 Å². The fourth-order valence-electron chi connectivity index (χ4n) is 4.92. The molecule has 9 nitrogen and oxygen atoms in total. The van der Waals surface area contributed by atoms with Crippen LogP contribution >= 0.6 is 0 Å². The highest BCUT2D eigenvalue weighted by Gasteiger charge is 2.54. The number of amides is 2. The first-order valence-corrected chi connectivity index (χ1v) is 11.1. The Bertz CT molecular complexity index is 629. The number of aliphatic hydroxyl groups excluding tert-OH is 1. The van der Waals surface area contributed by atoms with Gasteiger partial charge in [-0.3, -0.25) is 19.3 Å². The van der Waals surface area contributed by atoms with Crippen LogP contribution in [0.5, 0.6) is 0 Å². The standard InChI is InChI=1S/C21H35N3O4.CH2O2/c1-3-11-22-17(25)15-24-12-8-21(9-13-24)19(27)20(2,10-14-28-21)23-18(26)16-6-4-5-7-16;2-1-3/h3,16,19,27H,1,4-15H2,2H3,(H,22,25)(H,23,26);1H,(H,2,3)/t19-,20+;/m0./s1. The van der Waals surface area contributed by atoms with Gasteiger partial charge in [-0.05, 0) is 39.0 Å². The number of ether oxygens (including phenoxy) is 1. The van der Waals surface area contributed by atoms with Crippen LogP contribution in [0.2, 0.25) is 0 Å². The van der Waals surface area contributed by atoms with E-state index in [0.29, 0.717) is 52.0 Å². The summed E-state index contributed by atoms with van der Waals surface area (Å²) in [5.41, 5.74) is -1.31. The van der Waals surface area contributed by atoms with Gasteiger partial charge in [0.25, 0.3) is 6.47 Å². The van der Waals surface area contributed by atoms with E-state index in [-0.39, 0.29) is 24.2 Å². The van der Waals surface area contributed by atoms with Crippen LogP contribution in [0.1, 0.15) is 51.9 Å². The summed E-state index contributed by atoms with van der Waals surface area (Å²) in [5, 5.41) is 24.1. The molecule has 1 aliphatic carbocycles. The van der Waals surface area contributed by atoms with Gasteiger partial charge in [-0.2, -0.15) is 0 Å². The number of carboxylic acid groups (broad SMARTS) is 1. The molecule has 2 aliphatic heterocycles. The molecule has 2 heterocycles. The Labute approximate surface area is 184 Å². The van der Waals surface area contributed by atoms with Crippen LogP contribution in [0.25, 0.3) is 0 Å². The molecule has 0 radical (unpaired) electrons. The third-order valence-corrected chi connectivity index (χ3v) is 6.76. The van der Waals surface area contributed by atoms with Gasteiger partial charge in [0.1, 0.15) is 6.10 Å². The number of carbonyl (C=O) groups excluding carboxylic acids is 2. The molecule has 0 bridgehead atoms. The lowest BCUT2D eigenvalue weighted by atomic mass is 9.73. The van der Waals surface area contributed by atoms with Gasteiger partial charge in [-0.1, -0.05) is 18.9 Å². The number of carbonyl (C=O) groups is 3. The molecular weight excluding hydrogens is 402 g/mol. The van der Waals surface area contributed by atoms with Crippen LogP contribution in [-0.4, -0.2) is 83.4 Å². The topological polar surface area (TPSA) is 128 Å². The maximum atomic E-state index is 12.7. The Hall–Kier alpha value is -1.97. The van der Waals surface area contributed by atoms with Crippen molar-refractivity contribution in [3.63, 3.8) is 0 Å². The molecule has 176 valence electrons. The molecule has 3 fully saturated rings. The lowest BCUT2D eigenvalue weighted by molar-refractivity contribution is -0.208. The Kier molecular flexibility index (Phi) is 9.46. The molecule has 1 spiro atoms. The van der Waals surface area contributed by atoms with Crippen LogP contribution in [0.4, 0.5) is 0 Å². The van der Waals surface area contributed by atoms with E-state index < -0.39 is 17.2 Å². The number of aliphatic hydroxyl groups is 1. The van der Waals surface area contributed by atoms with Gasteiger partial charge in [0, 0.05) is 32.2 Å². The average molecular weight is 440 g/mol. The lowest BCUT2D eigenvalue weighted by Crippen LogP contribution is -2.69. The number of likely N-dealkylation sites (tertiary alicyclic amines) is 1. The third kappa shape index (κ3) is 6.51. The molecule has 3 rings (SSSR count). The zero-order valence-corrected chi connectivity index (χ0v) is 18.5. The summed E-state index contributed by atoms with van der Waals surface area (Å²) in [7, 11) is 0. The molecule has 0 aromatic rings. The summed E-state index contributed by atoms with van der Waals surface area (Å²) < 4.78 is 6.10. The van der Waals surface area contributed by atoms with Crippen molar-refractivity contribution in [2.75, 3.05) is 32.8 Å². The number of nitrogens with one attached hydrogen (secondary N) is 2. The van der Waals surface area contributed by atoms with Crippen molar-refractivity contribution in [1.29, 1.82) is 0 Å². The largest absolute Gasteiger partial charge is 0.483 e. The maximum absolute atomic E-state index is 12.7. The molecule has 1 saturated carbocycles. The van der Waals surface area contributed by atoms with E-state index >= 15 is 0 Å². The molecule has 9 heteroatoms. The minimum absolute atomic E-state index is 0.0189. The van der Waals surface area contributed by atoms with Crippen LogP contribution < -0.4 is 10.6 Å².